The smallest absolute Gasteiger partial charge is 0.314 e. The Bertz CT molecular complexity index is 254. The molecule has 0 aliphatic heterocycles. The number of carbonyl (C=O) groups excluding carboxylic acids is 1. The average Bonchev–Trinajstić information content (AvgIpc) is 2.59. The highest BCUT2D eigenvalue weighted by Crippen LogP contribution is 2.25. The van der Waals surface area contributed by atoms with Gasteiger partial charge in [-0.1, -0.05) is 13.0 Å². The minimum absolute atomic E-state index is 0.0695. The zero-order chi connectivity index (χ0) is 9.68. The molecule has 0 spiro atoms. The molecule has 0 bridgehead atoms. The van der Waals surface area contributed by atoms with Gasteiger partial charge in [0.15, 0.2) is 0 Å². The van der Waals surface area contributed by atoms with Gasteiger partial charge in [-0.25, -0.2) is 0 Å². The molecule has 0 aliphatic carbocycles. The monoisotopic (exact) mass is 198 g/mol. The van der Waals surface area contributed by atoms with Gasteiger partial charge in [-0.2, -0.15) is 0 Å². The van der Waals surface area contributed by atoms with E-state index in [0.29, 0.717) is 6.61 Å². The van der Waals surface area contributed by atoms with Crippen molar-refractivity contribution in [3.8, 4) is 0 Å². The Labute approximate surface area is 82.5 Å². The number of hydrogen-bond acceptors (Lipinski definition) is 3. The van der Waals surface area contributed by atoms with Crippen LogP contribution in [-0.2, 0) is 9.53 Å². The summed E-state index contributed by atoms with van der Waals surface area (Å²) in [6, 6.07) is 3.94. The van der Waals surface area contributed by atoms with Crippen LogP contribution in [-0.4, -0.2) is 12.6 Å². The van der Waals surface area contributed by atoms with Gasteiger partial charge in [0, 0.05) is 4.88 Å². The van der Waals surface area contributed by atoms with Gasteiger partial charge in [-0.15, -0.1) is 11.3 Å². The van der Waals surface area contributed by atoms with Gasteiger partial charge < -0.3 is 4.74 Å². The van der Waals surface area contributed by atoms with Crippen molar-refractivity contribution >= 4 is 17.3 Å². The maximum absolute atomic E-state index is 11.5. The van der Waals surface area contributed by atoms with Crippen LogP contribution in [0.3, 0.4) is 0 Å². The third-order valence-electron chi connectivity index (χ3n) is 1.87. The van der Waals surface area contributed by atoms with Gasteiger partial charge >= 0.3 is 5.97 Å². The van der Waals surface area contributed by atoms with Gasteiger partial charge in [0.1, 0.15) is 0 Å². The van der Waals surface area contributed by atoms with Crippen LogP contribution < -0.4 is 0 Å². The molecular formula is C10H14O2S. The van der Waals surface area contributed by atoms with Crippen LogP contribution in [0.4, 0.5) is 0 Å². The van der Waals surface area contributed by atoms with Crippen LogP contribution >= 0.6 is 11.3 Å². The largest absolute Gasteiger partial charge is 0.465 e. The molecule has 1 aromatic rings. The molecule has 3 heteroatoms. The van der Waals surface area contributed by atoms with E-state index < -0.39 is 0 Å². The predicted molar refractivity (Wildman–Crippen MR) is 54.0 cm³/mol. The molecule has 0 aromatic carbocycles. The summed E-state index contributed by atoms with van der Waals surface area (Å²) in [5, 5.41) is 1.98. The predicted octanol–water partition coefficient (Wildman–Crippen LogP) is 2.80. The molecule has 72 valence electrons. The first-order valence-electron chi connectivity index (χ1n) is 4.49. The molecule has 0 N–H and O–H groups in total. The Morgan fingerprint density at radius 2 is 2.38 bits per heavy atom. The maximum atomic E-state index is 11.5. The number of thiophene rings is 1. The highest BCUT2D eigenvalue weighted by molar-refractivity contribution is 7.10. The van der Waals surface area contributed by atoms with E-state index in [4.69, 9.17) is 4.74 Å². The van der Waals surface area contributed by atoms with E-state index in [9.17, 15) is 4.79 Å². The quantitative estimate of drug-likeness (QED) is 0.695. The van der Waals surface area contributed by atoms with E-state index in [1.54, 1.807) is 11.3 Å². The molecule has 1 heterocycles. The van der Waals surface area contributed by atoms with E-state index >= 15 is 0 Å². The van der Waals surface area contributed by atoms with Crippen LogP contribution in [0.15, 0.2) is 17.5 Å². The fourth-order valence-electron chi connectivity index (χ4n) is 1.22. The minimum Gasteiger partial charge on any atom is -0.465 e. The summed E-state index contributed by atoms with van der Waals surface area (Å²) >= 11 is 1.61. The van der Waals surface area contributed by atoms with Crippen LogP contribution in [0.1, 0.15) is 31.1 Å². The van der Waals surface area contributed by atoms with Crippen molar-refractivity contribution in [3.63, 3.8) is 0 Å². The summed E-state index contributed by atoms with van der Waals surface area (Å²) in [6.45, 7) is 4.29. The summed E-state index contributed by atoms with van der Waals surface area (Å²) in [5.74, 6) is -0.174. The molecule has 2 nitrogen and oxygen atoms in total. The Kier molecular flexibility index (Phi) is 3.96. The second-order valence-corrected chi connectivity index (χ2v) is 3.71. The van der Waals surface area contributed by atoms with E-state index in [1.807, 2.05) is 31.4 Å². The Morgan fingerprint density at radius 3 is 2.85 bits per heavy atom. The zero-order valence-electron chi connectivity index (χ0n) is 7.95. The van der Waals surface area contributed by atoms with Crippen LogP contribution in [0, 0.1) is 0 Å². The molecule has 0 amide bonds. The third-order valence-corrected chi connectivity index (χ3v) is 2.85. The summed E-state index contributed by atoms with van der Waals surface area (Å²) in [5.41, 5.74) is 0. The number of carbonyl (C=O) groups is 1. The van der Waals surface area contributed by atoms with E-state index in [0.717, 1.165) is 11.3 Å². The molecule has 0 aliphatic rings. The number of ether oxygens (including phenoxy) is 1. The molecule has 1 atom stereocenters. The van der Waals surface area contributed by atoms with Crippen LogP contribution in [0.5, 0.6) is 0 Å². The third kappa shape index (κ3) is 2.56. The van der Waals surface area contributed by atoms with Crippen molar-refractivity contribution in [1.82, 2.24) is 0 Å². The van der Waals surface area contributed by atoms with E-state index in [2.05, 4.69) is 0 Å². The summed E-state index contributed by atoms with van der Waals surface area (Å²) in [6.07, 6.45) is 0.805. The summed E-state index contributed by atoms with van der Waals surface area (Å²) < 4.78 is 4.99. The SMILES string of the molecule is CCOC(=O)C(CC)c1cccs1. The van der Waals surface area contributed by atoms with Crippen molar-refractivity contribution in [2.75, 3.05) is 6.61 Å². The molecule has 13 heavy (non-hydrogen) atoms. The van der Waals surface area contributed by atoms with Crippen molar-refractivity contribution in [2.45, 2.75) is 26.2 Å². The standard InChI is InChI=1S/C10H14O2S/c1-3-8(10(11)12-4-2)9-6-5-7-13-9/h5-8H,3-4H2,1-2H3. The average molecular weight is 198 g/mol. The number of esters is 1. The fraction of sp³-hybridized carbons (Fsp3) is 0.500. The highest BCUT2D eigenvalue weighted by Gasteiger charge is 2.20. The van der Waals surface area contributed by atoms with Crippen LogP contribution in [0.25, 0.3) is 0 Å². The molecule has 1 aromatic heterocycles. The summed E-state index contributed by atoms with van der Waals surface area (Å²) in [4.78, 5) is 12.6. The molecule has 0 saturated heterocycles. The molecule has 1 rings (SSSR count). The topological polar surface area (TPSA) is 26.3 Å². The molecule has 0 radical (unpaired) electrons. The van der Waals surface area contributed by atoms with Crippen molar-refractivity contribution in [3.05, 3.63) is 22.4 Å². The Balaban J connectivity index is 2.68. The molecular weight excluding hydrogens is 184 g/mol. The van der Waals surface area contributed by atoms with Crippen molar-refractivity contribution in [2.24, 2.45) is 0 Å². The first-order valence-corrected chi connectivity index (χ1v) is 5.37. The lowest BCUT2D eigenvalue weighted by atomic mass is 10.1. The highest BCUT2D eigenvalue weighted by atomic mass is 32.1. The second-order valence-electron chi connectivity index (χ2n) is 2.73. The Hall–Kier alpha value is -0.830. The summed E-state index contributed by atoms with van der Waals surface area (Å²) in [7, 11) is 0. The van der Waals surface area contributed by atoms with Gasteiger partial charge in [0.2, 0.25) is 0 Å². The van der Waals surface area contributed by atoms with Crippen molar-refractivity contribution in [1.29, 1.82) is 0 Å². The lowest BCUT2D eigenvalue weighted by Crippen LogP contribution is -2.14. The number of rotatable bonds is 4. The maximum Gasteiger partial charge on any atom is 0.314 e. The Morgan fingerprint density at radius 1 is 1.62 bits per heavy atom. The van der Waals surface area contributed by atoms with Gasteiger partial charge in [0.25, 0.3) is 0 Å². The number of hydrogen-bond donors (Lipinski definition) is 0. The van der Waals surface area contributed by atoms with Crippen LogP contribution in [0.2, 0.25) is 0 Å². The fourth-order valence-corrected chi connectivity index (χ4v) is 2.11. The van der Waals surface area contributed by atoms with Crippen molar-refractivity contribution < 1.29 is 9.53 Å². The molecule has 0 saturated carbocycles. The first-order chi connectivity index (χ1) is 6.29. The minimum atomic E-state index is -0.104. The van der Waals surface area contributed by atoms with Gasteiger partial charge in [0.05, 0.1) is 12.5 Å². The van der Waals surface area contributed by atoms with E-state index in [-0.39, 0.29) is 11.9 Å². The normalized spacial score (nSPS) is 12.5. The first kappa shape index (κ1) is 10.3. The molecule has 1 unspecified atom stereocenters. The lowest BCUT2D eigenvalue weighted by molar-refractivity contribution is -0.144. The molecule has 0 fully saturated rings. The van der Waals surface area contributed by atoms with E-state index in [1.165, 1.54) is 0 Å². The van der Waals surface area contributed by atoms with Gasteiger partial charge in [-0.05, 0) is 24.8 Å². The van der Waals surface area contributed by atoms with Gasteiger partial charge in [-0.3, -0.25) is 4.79 Å². The second kappa shape index (κ2) is 5.02. The zero-order valence-corrected chi connectivity index (χ0v) is 8.76. The lowest BCUT2D eigenvalue weighted by Gasteiger charge is -2.10.